The SMILES string of the molecule is Cc1ccc(-c2cc(C(=O)Nc3cccc(Br)c3)nn2-c2cccc(C)c2)cc1. The molecule has 0 unspecified atom stereocenters. The van der Waals surface area contributed by atoms with E-state index in [0.717, 1.165) is 27.0 Å². The second kappa shape index (κ2) is 8.05. The Morgan fingerprint density at radius 3 is 2.38 bits per heavy atom. The summed E-state index contributed by atoms with van der Waals surface area (Å²) in [6.45, 7) is 4.10. The van der Waals surface area contributed by atoms with Gasteiger partial charge >= 0.3 is 0 Å². The lowest BCUT2D eigenvalue weighted by molar-refractivity contribution is 0.102. The number of carbonyl (C=O) groups is 1. The molecule has 0 fully saturated rings. The molecule has 4 rings (SSSR count). The van der Waals surface area contributed by atoms with Crippen LogP contribution < -0.4 is 5.32 Å². The number of benzene rings is 3. The van der Waals surface area contributed by atoms with Gasteiger partial charge in [0, 0.05) is 15.7 Å². The molecule has 0 spiro atoms. The Morgan fingerprint density at radius 1 is 0.897 bits per heavy atom. The Morgan fingerprint density at radius 2 is 1.66 bits per heavy atom. The van der Waals surface area contributed by atoms with Gasteiger partial charge in [0.15, 0.2) is 5.69 Å². The van der Waals surface area contributed by atoms with Gasteiger partial charge in [-0.05, 0) is 55.8 Å². The van der Waals surface area contributed by atoms with Crippen molar-refractivity contribution in [3.63, 3.8) is 0 Å². The van der Waals surface area contributed by atoms with Gasteiger partial charge in [0.2, 0.25) is 0 Å². The van der Waals surface area contributed by atoms with Gasteiger partial charge in [0.25, 0.3) is 5.91 Å². The zero-order valence-corrected chi connectivity index (χ0v) is 17.8. The molecule has 4 aromatic rings. The van der Waals surface area contributed by atoms with Crippen LogP contribution in [0.15, 0.2) is 83.3 Å². The van der Waals surface area contributed by atoms with Crippen molar-refractivity contribution < 1.29 is 4.79 Å². The molecular formula is C24H20BrN3O. The number of hydrogen-bond acceptors (Lipinski definition) is 2. The van der Waals surface area contributed by atoms with Crippen molar-refractivity contribution in [3.05, 3.63) is 100 Å². The molecule has 0 bridgehead atoms. The molecule has 0 aliphatic carbocycles. The average molecular weight is 446 g/mol. The Labute approximate surface area is 178 Å². The fourth-order valence-corrected chi connectivity index (χ4v) is 3.54. The van der Waals surface area contributed by atoms with E-state index in [4.69, 9.17) is 0 Å². The zero-order valence-electron chi connectivity index (χ0n) is 16.2. The van der Waals surface area contributed by atoms with Gasteiger partial charge in [-0.25, -0.2) is 4.68 Å². The molecule has 144 valence electrons. The van der Waals surface area contributed by atoms with Gasteiger partial charge in [-0.1, -0.05) is 64.0 Å². The third-order valence-corrected chi connectivity index (χ3v) is 5.11. The molecule has 3 aromatic carbocycles. The molecule has 5 heteroatoms. The van der Waals surface area contributed by atoms with E-state index < -0.39 is 0 Å². The summed E-state index contributed by atoms with van der Waals surface area (Å²) < 4.78 is 2.73. The van der Waals surface area contributed by atoms with Crippen LogP contribution in [-0.2, 0) is 0 Å². The van der Waals surface area contributed by atoms with Gasteiger partial charge in [0.1, 0.15) is 0 Å². The molecule has 0 saturated heterocycles. The molecule has 1 N–H and O–H groups in total. The normalized spacial score (nSPS) is 10.7. The summed E-state index contributed by atoms with van der Waals surface area (Å²) in [5.74, 6) is -0.247. The molecule has 1 heterocycles. The van der Waals surface area contributed by atoms with E-state index in [0.29, 0.717) is 11.4 Å². The molecule has 4 nitrogen and oxygen atoms in total. The summed E-state index contributed by atoms with van der Waals surface area (Å²) >= 11 is 3.43. The van der Waals surface area contributed by atoms with Crippen molar-refractivity contribution in [2.75, 3.05) is 5.32 Å². The fraction of sp³-hybridized carbons (Fsp3) is 0.0833. The van der Waals surface area contributed by atoms with Crippen molar-refractivity contribution in [1.29, 1.82) is 0 Å². The fourth-order valence-electron chi connectivity index (χ4n) is 3.14. The Bertz CT molecular complexity index is 1180. The first-order valence-electron chi connectivity index (χ1n) is 9.31. The summed E-state index contributed by atoms with van der Waals surface area (Å²) in [6, 6.07) is 25.6. The number of nitrogens with zero attached hydrogens (tertiary/aromatic N) is 2. The molecule has 0 saturated carbocycles. The maximum absolute atomic E-state index is 12.9. The van der Waals surface area contributed by atoms with Crippen LogP contribution in [0, 0.1) is 13.8 Å². The molecule has 0 atom stereocenters. The van der Waals surface area contributed by atoms with Crippen LogP contribution in [0.25, 0.3) is 16.9 Å². The minimum absolute atomic E-state index is 0.247. The van der Waals surface area contributed by atoms with Crippen molar-refractivity contribution >= 4 is 27.5 Å². The van der Waals surface area contributed by atoms with Crippen LogP contribution in [0.3, 0.4) is 0 Å². The number of anilines is 1. The highest BCUT2D eigenvalue weighted by atomic mass is 79.9. The molecule has 29 heavy (non-hydrogen) atoms. The second-order valence-electron chi connectivity index (χ2n) is 7.00. The highest BCUT2D eigenvalue weighted by molar-refractivity contribution is 9.10. The van der Waals surface area contributed by atoms with E-state index >= 15 is 0 Å². The van der Waals surface area contributed by atoms with Crippen molar-refractivity contribution in [2.24, 2.45) is 0 Å². The number of aromatic nitrogens is 2. The van der Waals surface area contributed by atoms with E-state index in [1.807, 2.05) is 60.1 Å². The van der Waals surface area contributed by atoms with Crippen molar-refractivity contribution in [2.45, 2.75) is 13.8 Å². The first kappa shape index (κ1) is 19.2. The van der Waals surface area contributed by atoms with Crippen LogP contribution in [0.4, 0.5) is 5.69 Å². The summed E-state index contributed by atoms with van der Waals surface area (Å²) in [7, 11) is 0. The lowest BCUT2D eigenvalue weighted by Gasteiger charge is -2.08. The largest absolute Gasteiger partial charge is 0.321 e. The van der Waals surface area contributed by atoms with E-state index in [1.165, 1.54) is 5.56 Å². The van der Waals surface area contributed by atoms with Gasteiger partial charge < -0.3 is 5.32 Å². The van der Waals surface area contributed by atoms with E-state index in [1.54, 1.807) is 0 Å². The standard InChI is InChI=1S/C24H20BrN3O/c1-16-9-11-18(12-10-16)23-15-22(24(29)26-20-7-4-6-19(25)14-20)27-28(23)21-8-3-5-17(2)13-21/h3-15H,1-2H3,(H,26,29). The van der Waals surface area contributed by atoms with E-state index in [2.05, 4.69) is 63.6 Å². The monoisotopic (exact) mass is 445 g/mol. The molecule has 0 aliphatic rings. The minimum atomic E-state index is -0.247. The predicted octanol–water partition coefficient (Wildman–Crippen LogP) is 6.17. The van der Waals surface area contributed by atoms with Crippen LogP contribution in [0.5, 0.6) is 0 Å². The number of hydrogen-bond donors (Lipinski definition) is 1. The predicted molar refractivity (Wildman–Crippen MR) is 121 cm³/mol. The number of halogens is 1. The number of aryl methyl sites for hydroxylation is 2. The third-order valence-electron chi connectivity index (χ3n) is 4.62. The van der Waals surface area contributed by atoms with Gasteiger partial charge in [-0.15, -0.1) is 0 Å². The van der Waals surface area contributed by atoms with Gasteiger partial charge in [0.05, 0.1) is 11.4 Å². The number of amides is 1. The summed E-state index contributed by atoms with van der Waals surface area (Å²) in [6.07, 6.45) is 0. The van der Waals surface area contributed by atoms with E-state index in [-0.39, 0.29) is 5.91 Å². The highest BCUT2D eigenvalue weighted by Gasteiger charge is 2.17. The van der Waals surface area contributed by atoms with Crippen LogP contribution in [-0.4, -0.2) is 15.7 Å². The Kier molecular flexibility index (Phi) is 5.32. The lowest BCUT2D eigenvalue weighted by atomic mass is 10.1. The first-order chi connectivity index (χ1) is 14.0. The number of rotatable bonds is 4. The van der Waals surface area contributed by atoms with Crippen molar-refractivity contribution in [1.82, 2.24) is 9.78 Å². The van der Waals surface area contributed by atoms with E-state index in [9.17, 15) is 4.79 Å². The highest BCUT2D eigenvalue weighted by Crippen LogP contribution is 2.26. The maximum Gasteiger partial charge on any atom is 0.276 e. The summed E-state index contributed by atoms with van der Waals surface area (Å²) in [5, 5.41) is 7.55. The van der Waals surface area contributed by atoms with Gasteiger partial charge in [-0.3, -0.25) is 4.79 Å². The molecule has 0 aliphatic heterocycles. The molecule has 0 radical (unpaired) electrons. The van der Waals surface area contributed by atoms with Crippen LogP contribution in [0.2, 0.25) is 0 Å². The Balaban J connectivity index is 1.76. The first-order valence-corrected chi connectivity index (χ1v) is 10.1. The number of nitrogens with one attached hydrogen (secondary N) is 1. The Hall–Kier alpha value is -3.18. The minimum Gasteiger partial charge on any atom is -0.321 e. The van der Waals surface area contributed by atoms with Crippen molar-refractivity contribution in [3.8, 4) is 16.9 Å². The molecule has 1 amide bonds. The average Bonchev–Trinajstić information content (AvgIpc) is 3.14. The number of carbonyl (C=O) groups excluding carboxylic acids is 1. The summed E-state index contributed by atoms with van der Waals surface area (Å²) in [5.41, 5.74) is 6.19. The third kappa shape index (κ3) is 4.30. The zero-order chi connectivity index (χ0) is 20.4. The quantitative estimate of drug-likeness (QED) is 0.408. The smallest absolute Gasteiger partial charge is 0.276 e. The summed E-state index contributed by atoms with van der Waals surface area (Å²) in [4.78, 5) is 12.9. The van der Waals surface area contributed by atoms with Crippen LogP contribution >= 0.6 is 15.9 Å². The molecular weight excluding hydrogens is 426 g/mol. The second-order valence-corrected chi connectivity index (χ2v) is 7.91. The topological polar surface area (TPSA) is 46.9 Å². The lowest BCUT2D eigenvalue weighted by Crippen LogP contribution is -2.13. The van der Waals surface area contributed by atoms with Gasteiger partial charge in [-0.2, -0.15) is 5.10 Å². The maximum atomic E-state index is 12.9. The van der Waals surface area contributed by atoms with Crippen LogP contribution in [0.1, 0.15) is 21.6 Å². The molecule has 1 aromatic heterocycles.